The number of benzene rings is 2. The zero-order valence-corrected chi connectivity index (χ0v) is 15.0. The summed E-state index contributed by atoms with van der Waals surface area (Å²) < 4.78 is 23.3. The summed E-state index contributed by atoms with van der Waals surface area (Å²) >= 11 is 0. The summed E-state index contributed by atoms with van der Waals surface area (Å²) in [6.07, 6.45) is 1.02. The van der Waals surface area contributed by atoms with Crippen molar-refractivity contribution in [2.24, 2.45) is 0 Å². The van der Waals surface area contributed by atoms with Gasteiger partial charge >= 0.3 is 0 Å². The minimum Gasteiger partial charge on any atom is -0.506 e. The maximum atomic E-state index is 11.7. The molecule has 0 aromatic heterocycles. The summed E-state index contributed by atoms with van der Waals surface area (Å²) in [6.45, 7) is 2.21. The van der Waals surface area contributed by atoms with Crippen molar-refractivity contribution in [1.82, 2.24) is 0 Å². The molecule has 9 heteroatoms. The fourth-order valence-corrected chi connectivity index (χ4v) is 3.71. The lowest BCUT2D eigenvalue weighted by atomic mass is 10.2. The van der Waals surface area contributed by atoms with Gasteiger partial charge in [0.25, 0.3) is 5.69 Å². The number of sulfone groups is 1. The van der Waals surface area contributed by atoms with Gasteiger partial charge in [-0.05, 0) is 24.3 Å². The Labute approximate surface area is 151 Å². The lowest BCUT2D eigenvalue weighted by Gasteiger charge is -2.37. The monoisotopic (exact) mass is 377 g/mol. The first-order chi connectivity index (χ1) is 12.3. The van der Waals surface area contributed by atoms with E-state index in [0.29, 0.717) is 31.9 Å². The molecule has 0 atom stereocenters. The Morgan fingerprint density at radius 1 is 1.00 bits per heavy atom. The SMILES string of the molecule is CS(=O)(=O)c1ccc(N2CCN(c3ccccc3O)CC2)c([N+](=O)[O-])c1. The maximum Gasteiger partial charge on any atom is 0.293 e. The second kappa shape index (κ2) is 6.83. The Hall–Kier alpha value is -2.81. The molecule has 0 amide bonds. The zero-order valence-electron chi connectivity index (χ0n) is 14.2. The number of phenolic OH excluding ortho intramolecular Hbond substituents is 1. The largest absolute Gasteiger partial charge is 0.506 e. The van der Waals surface area contributed by atoms with Crippen LogP contribution in [0.3, 0.4) is 0 Å². The number of nitro benzene ring substituents is 1. The molecule has 1 saturated heterocycles. The Morgan fingerprint density at radius 2 is 1.58 bits per heavy atom. The van der Waals surface area contributed by atoms with E-state index in [-0.39, 0.29) is 16.3 Å². The molecular weight excluding hydrogens is 358 g/mol. The van der Waals surface area contributed by atoms with E-state index in [2.05, 4.69) is 0 Å². The Kier molecular flexibility index (Phi) is 4.73. The van der Waals surface area contributed by atoms with Crippen LogP contribution in [0.2, 0.25) is 0 Å². The normalized spacial score (nSPS) is 15.1. The van der Waals surface area contributed by atoms with Crippen LogP contribution < -0.4 is 9.80 Å². The molecule has 8 nitrogen and oxygen atoms in total. The number of piperazine rings is 1. The number of para-hydroxylation sites is 2. The highest BCUT2D eigenvalue weighted by Gasteiger charge is 2.26. The molecular formula is C17H19N3O5S. The topological polar surface area (TPSA) is 104 Å². The van der Waals surface area contributed by atoms with Crippen molar-refractivity contribution in [2.45, 2.75) is 4.90 Å². The van der Waals surface area contributed by atoms with Crippen LogP contribution in [0, 0.1) is 10.1 Å². The number of aromatic hydroxyl groups is 1. The van der Waals surface area contributed by atoms with E-state index in [0.717, 1.165) is 18.0 Å². The Balaban J connectivity index is 1.83. The number of nitro groups is 1. The fraction of sp³-hybridized carbons (Fsp3) is 0.294. The minimum atomic E-state index is -3.51. The van der Waals surface area contributed by atoms with E-state index in [1.54, 1.807) is 12.1 Å². The van der Waals surface area contributed by atoms with Gasteiger partial charge in [0.1, 0.15) is 11.4 Å². The molecule has 3 rings (SSSR count). The van der Waals surface area contributed by atoms with Gasteiger partial charge < -0.3 is 14.9 Å². The lowest BCUT2D eigenvalue weighted by Crippen LogP contribution is -2.46. The number of phenols is 1. The first kappa shape index (κ1) is 18.0. The Morgan fingerprint density at radius 3 is 2.12 bits per heavy atom. The van der Waals surface area contributed by atoms with E-state index in [4.69, 9.17) is 0 Å². The van der Waals surface area contributed by atoms with Gasteiger partial charge in [0, 0.05) is 38.5 Å². The van der Waals surface area contributed by atoms with Crippen molar-refractivity contribution in [2.75, 3.05) is 42.2 Å². The van der Waals surface area contributed by atoms with Crippen molar-refractivity contribution < 1.29 is 18.4 Å². The molecule has 26 heavy (non-hydrogen) atoms. The summed E-state index contributed by atoms with van der Waals surface area (Å²) in [7, 11) is -3.51. The zero-order chi connectivity index (χ0) is 18.9. The molecule has 0 saturated carbocycles. The number of anilines is 2. The van der Waals surface area contributed by atoms with Crippen LogP contribution in [-0.2, 0) is 9.84 Å². The van der Waals surface area contributed by atoms with Crippen LogP contribution in [0.1, 0.15) is 0 Å². The van der Waals surface area contributed by atoms with Crippen LogP contribution in [0.15, 0.2) is 47.4 Å². The van der Waals surface area contributed by atoms with Gasteiger partial charge in [-0.2, -0.15) is 0 Å². The molecule has 1 fully saturated rings. The highest BCUT2D eigenvalue weighted by atomic mass is 32.2. The molecule has 0 aliphatic carbocycles. The number of rotatable bonds is 4. The standard InChI is InChI=1S/C17H19N3O5S/c1-26(24,25)13-6-7-14(16(12-13)20(22)23)18-8-10-19(11-9-18)15-4-2-3-5-17(15)21/h2-7,12,21H,8-11H2,1H3. The van der Waals surface area contributed by atoms with Crippen molar-refractivity contribution in [3.05, 3.63) is 52.6 Å². The first-order valence-corrected chi connectivity index (χ1v) is 9.93. The van der Waals surface area contributed by atoms with Crippen LogP contribution in [0.5, 0.6) is 5.75 Å². The van der Waals surface area contributed by atoms with Gasteiger partial charge in [-0.25, -0.2) is 8.42 Å². The van der Waals surface area contributed by atoms with Gasteiger partial charge in [0.15, 0.2) is 9.84 Å². The van der Waals surface area contributed by atoms with Crippen molar-refractivity contribution in [3.63, 3.8) is 0 Å². The number of hydrogen-bond donors (Lipinski definition) is 1. The smallest absolute Gasteiger partial charge is 0.293 e. The van der Waals surface area contributed by atoms with Crippen LogP contribution in [-0.4, -0.2) is 50.9 Å². The molecule has 1 aliphatic rings. The molecule has 0 bridgehead atoms. The van der Waals surface area contributed by atoms with E-state index in [1.165, 1.54) is 12.1 Å². The maximum absolute atomic E-state index is 11.7. The number of nitrogens with zero attached hydrogens (tertiary/aromatic N) is 3. The second-order valence-corrected chi connectivity index (χ2v) is 8.16. The van der Waals surface area contributed by atoms with E-state index in [1.807, 2.05) is 21.9 Å². The summed E-state index contributed by atoms with van der Waals surface area (Å²) in [5.74, 6) is 0.199. The molecule has 0 radical (unpaired) electrons. The lowest BCUT2D eigenvalue weighted by molar-refractivity contribution is -0.384. The predicted molar refractivity (Wildman–Crippen MR) is 98.7 cm³/mol. The van der Waals surface area contributed by atoms with Crippen LogP contribution in [0.4, 0.5) is 17.1 Å². The van der Waals surface area contributed by atoms with Crippen LogP contribution >= 0.6 is 0 Å². The minimum absolute atomic E-state index is 0.0687. The first-order valence-electron chi connectivity index (χ1n) is 8.04. The van der Waals surface area contributed by atoms with Gasteiger partial charge in [0.05, 0.1) is 15.5 Å². The van der Waals surface area contributed by atoms with Gasteiger partial charge in [-0.1, -0.05) is 12.1 Å². The predicted octanol–water partition coefficient (Wildman–Crippen LogP) is 2.03. The third-order valence-corrected chi connectivity index (χ3v) is 5.52. The average molecular weight is 377 g/mol. The van der Waals surface area contributed by atoms with Crippen molar-refractivity contribution >= 4 is 26.9 Å². The fourth-order valence-electron chi connectivity index (χ4n) is 3.07. The molecule has 1 aliphatic heterocycles. The Bertz CT molecular complexity index is 937. The van der Waals surface area contributed by atoms with Gasteiger partial charge in [-0.15, -0.1) is 0 Å². The molecule has 0 unspecified atom stereocenters. The summed E-state index contributed by atoms with van der Waals surface area (Å²) in [5, 5.41) is 21.4. The van der Waals surface area contributed by atoms with Gasteiger partial charge in [0.2, 0.25) is 0 Å². The van der Waals surface area contributed by atoms with Crippen LogP contribution in [0.25, 0.3) is 0 Å². The van der Waals surface area contributed by atoms with E-state index in [9.17, 15) is 23.6 Å². The highest BCUT2D eigenvalue weighted by molar-refractivity contribution is 7.90. The van der Waals surface area contributed by atoms with Crippen molar-refractivity contribution in [3.8, 4) is 5.75 Å². The summed E-state index contributed by atoms with van der Waals surface area (Å²) in [4.78, 5) is 14.7. The van der Waals surface area contributed by atoms with E-state index < -0.39 is 14.8 Å². The third kappa shape index (κ3) is 3.57. The molecule has 2 aromatic carbocycles. The highest BCUT2D eigenvalue weighted by Crippen LogP contribution is 2.33. The summed E-state index contributed by atoms with van der Waals surface area (Å²) in [6, 6.07) is 11.0. The third-order valence-electron chi connectivity index (χ3n) is 4.41. The quantitative estimate of drug-likeness (QED) is 0.642. The van der Waals surface area contributed by atoms with Crippen molar-refractivity contribution in [1.29, 1.82) is 0 Å². The molecule has 138 valence electrons. The molecule has 1 heterocycles. The van der Waals surface area contributed by atoms with E-state index >= 15 is 0 Å². The number of hydrogen-bond acceptors (Lipinski definition) is 7. The molecule has 2 aromatic rings. The van der Waals surface area contributed by atoms with Gasteiger partial charge in [-0.3, -0.25) is 10.1 Å². The summed E-state index contributed by atoms with van der Waals surface area (Å²) in [5.41, 5.74) is 0.914. The average Bonchev–Trinajstić information content (AvgIpc) is 2.61. The molecule has 1 N–H and O–H groups in total. The second-order valence-electron chi connectivity index (χ2n) is 6.14. The molecule has 0 spiro atoms.